The maximum Gasteiger partial charge on any atom is 0.253 e. The summed E-state index contributed by atoms with van der Waals surface area (Å²) in [5.41, 5.74) is 1.91. The van der Waals surface area contributed by atoms with Crippen LogP contribution in [0.25, 0.3) is 11.0 Å². The highest BCUT2D eigenvalue weighted by molar-refractivity contribution is 6.21. The lowest BCUT2D eigenvalue weighted by atomic mass is 10.1. The van der Waals surface area contributed by atoms with E-state index >= 15 is 0 Å². The van der Waals surface area contributed by atoms with Crippen LogP contribution in [0.15, 0.2) is 30.6 Å². The smallest absolute Gasteiger partial charge is 0.253 e. The number of alkyl halides is 1. The van der Waals surface area contributed by atoms with Crippen molar-refractivity contribution in [1.29, 1.82) is 0 Å². The summed E-state index contributed by atoms with van der Waals surface area (Å²) >= 11 is 6.19. The molecule has 2 aromatic rings. The fraction of sp³-hybridized carbons (Fsp3) is 0.357. The van der Waals surface area contributed by atoms with E-state index in [-0.39, 0.29) is 17.3 Å². The van der Waals surface area contributed by atoms with Gasteiger partial charge in [0.2, 0.25) is 0 Å². The first-order valence-corrected chi connectivity index (χ1v) is 6.84. The van der Waals surface area contributed by atoms with Crippen LogP contribution in [0.1, 0.15) is 29.6 Å². The zero-order chi connectivity index (χ0) is 13.2. The lowest BCUT2D eigenvalue weighted by Gasteiger charge is -2.16. The zero-order valence-corrected chi connectivity index (χ0v) is 11.1. The van der Waals surface area contributed by atoms with Crippen LogP contribution in [-0.4, -0.2) is 27.3 Å². The number of hydrogen-bond acceptors (Lipinski definition) is 3. The Morgan fingerprint density at radius 3 is 2.89 bits per heavy atom. The van der Waals surface area contributed by atoms with Crippen molar-refractivity contribution in [3.63, 3.8) is 0 Å². The van der Waals surface area contributed by atoms with E-state index in [0.29, 0.717) is 11.1 Å². The third-order valence-electron chi connectivity index (χ3n) is 3.49. The van der Waals surface area contributed by atoms with Crippen LogP contribution >= 0.6 is 11.6 Å². The topological polar surface area (TPSA) is 54.9 Å². The number of para-hydroxylation sites is 1. The molecule has 0 saturated heterocycles. The molecule has 1 saturated carbocycles. The number of halogens is 1. The van der Waals surface area contributed by atoms with Crippen LogP contribution in [0.2, 0.25) is 0 Å². The maximum absolute atomic E-state index is 12.3. The summed E-state index contributed by atoms with van der Waals surface area (Å²) in [6.07, 6.45) is 6.18. The molecule has 2 unspecified atom stereocenters. The standard InChI is InChI=1S/C14H14ClN3O/c15-10-4-2-5-11(10)18-14(19)9-3-1-6-12-13(9)17-8-7-16-12/h1,3,6-8,10-11H,2,4-5H2,(H,18,19). The largest absolute Gasteiger partial charge is 0.348 e. The molecule has 0 aliphatic heterocycles. The number of hydrogen-bond donors (Lipinski definition) is 1. The number of aromatic nitrogens is 2. The number of benzene rings is 1. The predicted octanol–water partition coefficient (Wildman–Crippen LogP) is 2.52. The minimum Gasteiger partial charge on any atom is -0.348 e. The number of nitrogens with zero attached hydrogens (tertiary/aromatic N) is 2. The first-order valence-electron chi connectivity index (χ1n) is 6.40. The first-order chi connectivity index (χ1) is 9.25. The highest BCUT2D eigenvalue weighted by atomic mass is 35.5. The Balaban J connectivity index is 1.89. The van der Waals surface area contributed by atoms with E-state index in [1.807, 2.05) is 12.1 Å². The molecule has 0 spiro atoms. The molecular formula is C14H14ClN3O. The van der Waals surface area contributed by atoms with Gasteiger partial charge in [-0.25, -0.2) is 0 Å². The van der Waals surface area contributed by atoms with E-state index in [9.17, 15) is 4.79 Å². The van der Waals surface area contributed by atoms with Gasteiger partial charge in [0, 0.05) is 18.4 Å². The summed E-state index contributed by atoms with van der Waals surface area (Å²) in [6, 6.07) is 5.49. The number of fused-ring (bicyclic) bond motifs is 1. The van der Waals surface area contributed by atoms with Crippen molar-refractivity contribution in [2.45, 2.75) is 30.7 Å². The van der Waals surface area contributed by atoms with E-state index in [4.69, 9.17) is 11.6 Å². The van der Waals surface area contributed by atoms with Gasteiger partial charge in [0.25, 0.3) is 5.91 Å². The van der Waals surface area contributed by atoms with Crippen molar-refractivity contribution in [3.05, 3.63) is 36.2 Å². The summed E-state index contributed by atoms with van der Waals surface area (Å²) in [4.78, 5) is 20.8. The van der Waals surface area contributed by atoms with Gasteiger partial charge >= 0.3 is 0 Å². The van der Waals surface area contributed by atoms with Crippen molar-refractivity contribution in [2.75, 3.05) is 0 Å². The van der Waals surface area contributed by atoms with Crippen molar-refractivity contribution in [1.82, 2.24) is 15.3 Å². The average molecular weight is 276 g/mol. The molecule has 1 aliphatic carbocycles. The molecule has 0 radical (unpaired) electrons. The maximum atomic E-state index is 12.3. The van der Waals surface area contributed by atoms with E-state index in [2.05, 4.69) is 15.3 Å². The van der Waals surface area contributed by atoms with Crippen LogP contribution in [0.5, 0.6) is 0 Å². The molecule has 1 aromatic carbocycles. The molecular weight excluding hydrogens is 262 g/mol. The fourth-order valence-corrected chi connectivity index (χ4v) is 2.84. The van der Waals surface area contributed by atoms with Crippen molar-refractivity contribution in [2.24, 2.45) is 0 Å². The number of amides is 1. The molecule has 1 aromatic heterocycles. The first kappa shape index (κ1) is 12.4. The molecule has 0 bridgehead atoms. The van der Waals surface area contributed by atoms with Crippen LogP contribution < -0.4 is 5.32 Å². The number of nitrogens with one attached hydrogen (secondary N) is 1. The van der Waals surface area contributed by atoms with Crippen molar-refractivity contribution in [3.8, 4) is 0 Å². The van der Waals surface area contributed by atoms with Gasteiger partial charge in [-0.1, -0.05) is 6.07 Å². The van der Waals surface area contributed by atoms with Gasteiger partial charge in [0.1, 0.15) is 5.52 Å². The third kappa shape index (κ3) is 2.40. The minimum absolute atomic E-state index is 0.0324. The Morgan fingerprint density at radius 2 is 2.11 bits per heavy atom. The summed E-state index contributed by atoms with van der Waals surface area (Å²) < 4.78 is 0. The Morgan fingerprint density at radius 1 is 1.26 bits per heavy atom. The quantitative estimate of drug-likeness (QED) is 0.857. The lowest BCUT2D eigenvalue weighted by molar-refractivity contribution is 0.0940. The fourth-order valence-electron chi connectivity index (χ4n) is 2.50. The van der Waals surface area contributed by atoms with E-state index < -0.39 is 0 Å². The predicted molar refractivity (Wildman–Crippen MR) is 74.3 cm³/mol. The Labute approximate surface area is 116 Å². The normalized spacial score (nSPS) is 22.6. The highest BCUT2D eigenvalue weighted by Gasteiger charge is 2.27. The second kappa shape index (κ2) is 5.13. The minimum atomic E-state index is -0.122. The van der Waals surface area contributed by atoms with Crippen LogP contribution in [0, 0.1) is 0 Å². The number of carbonyl (C=O) groups excluding carboxylic acids is 1. The van der Waals surface area contributed by atoms with Crippen LogP contribution in [-0.2, 0) is 0 Å². The van der Waals surface area contributed by atoms with Gasteiger partial charge in [-0.3, -0.25) is 14.8 Å². The van der Waals surface area contributed by atoms with E-state index in [1.165, 1.54) is 0 Å². The van der Waals surface area contributed by atoms with Crippen LogP contribution in [0.3, 0.4) is 0 Å². The molecule has 1 aliphatic rings. The third-order valence-corrected chi connectivity index (χ3v) is 4.01. The SMILES string of the molecule is O=C(NC1CCCC1Cl)c1cccc2nccnc12. The molecule has 1 heterocycles. The molecule has 1 fully saturated rings. The van der Waals surface area contributed by atoms with Gasteiger partial charge < -0.3 is 5.32 Å². The molecule has 98 valence electrons. The Hall–Kier alpha value is -1.68. The number of carbonyl (C=O) groups is 1. The Kier molecular flexibility index (Phi) is 3.34. The summed E-state index contributed by atoms with van der Waals surface area (Å²) in [5.74, 6) is -0.122. The summed E-state index contributed by atoms with van der Waals surface area (Å²) in [7, 11) is 0. The van der Waals surface area contributed by atoms with Gasteiger partial charge in [-0.05, 0) is 31.4 Å². The second-order valence-electron chi connectivity index (χ2n) is 4.76. The lowest BCUT2D eigenvalue weighted by Crippen LogP contribution is -2.38. The second-order valence-corrected chi connectivity index (χ2v) is 5.32. The van der Waals surface area contributed by atoms with Crippen LogP contribution in [0.4, 0.5) is 0 Å². The molecule has 1 amide bonds. The molecule has 2 atom stereocenters. The molecule has 5 heteroatoms. The molecule has 19 heavy (non-hydrogen) atoms. The monoisotopic (exact) mass is 275 g/mol. The number of rotatable bonds is 2. The van der Waals surface area contributed by atoms with Gasteiger partial charge in [0.05, 0.1) is 16.5 Å². The van der Waals surface area contributed by atoms with Gasteiger partial charge in [-0.15, -0.1) is 11.6 Å². The van der Waals surface area contributed by atoms with Crippen molar-refractivity contribution >= 4 is 28.5 Å². The molecule has 3 rings (SSSR count). The molecule has 4 nitrogen and oxygen atoms in total. The van der Waals surface area contributed by atoms with E-state index in [1.54, 1.807) is 18.5 Å². The Bertz CT molecular complexity index is 611. The average Bonchev–Trinajstić information content (AvgIpc) is 2.83. The highest BCUT2D eigenvalue weighted by Crippen LogP contribution is 2.24. The van der Waals surface area contributed by atoms with Crippen molar-refractivity contribution < 1.29 is 4.79 Å². The van der Waals surface area contributed by atoms with Gasteiger partial charge in [0.15, 0.2) is 0 Å². The van der Waals surface area contributed by atoms with E-state index in [0.717, 1.165) is 24.8 Å². The summed E-state index contributed by atoms with van der Waals surface area (Å²) in [6.45, 7) is 0. The summed E-state index contributed by atoms with van der Waals surface area (Å²) in [5, 5.41) is 3.03. The molecule has 1 N–H and O–H groups in total. The zero-order valence-electron chi connectivity index (χ0n) is 10.3. The van der Waals surface area contributed by atoms with Gasteiger partial charge in [-0.2, -0.15) is 0 Å².